The number of aromatic nitrogens is 2. The van der Waals surface area contributed by atoms with E-state index < -0.39 is 0 Å². The van der Waals surface area contributed by atoms with E-state index in [-0.39, 0.29) is 0 Å². The Hall–Kier alpha value is -2.28. The maximum atomic E-state index is 8.96. The highest BCUT2D eigenvalue weighted by Gasteiger charge is 2.09. The van der Waals surface area contributed by atoms with Crippen molar-refractivity contribution in [2.24, 2.45) is 0 Å². The molecule has 1 aromatic rings. The minimum atomic E-state index is 0.548. The monoisotopic (exact) mass is 228 g/mol. The van der Waals surface area contributed by atoms with E-state index in [2.05, 4.69) is 23.1 Å². The second kappa shape index (κ2) is 6.33. The van der Waals surface area contributed by atoms with Gasteiger partial charge in [0.25, 0.3) is 0 Å². The summed E-state index contributed by atoms with van der Waals surface area (Å²) >= 11 is 0. The van der Waals surface area contributed by atoms with Gasteiger partial charge >= 0.3 is 0 Å². The van der Waals surface area contributed by atoms with Crippen LogP contribution in [0.1, 0.15) is 19.4 Å². The van der Waals surface area contributed by atoms with Crippen LogP contribution in [0.3, 0.4) is 0 Å². The third kappa shape index (κ3) is 3.08. The van der Waals surface area contributed by atoms with Gasteiger partial charge in [0.05, 0.1) is 6.20 Å². The summed E-state index contributed by atoms with van der Waals surface area (Å²) < 4.78 is 1.72. The van der Waals surface area contributed by atoms with Crippen LogP contribution >= 0.6 is 0 Å². The van der Waals surface area contributed by atoms with Gasteiger partial charge in [0.15, 0.2) is 0 Å². The molecule has 0 fully saturated rings. The van der Waals surface area contributed by atoms with Crippen molar-refractivity contribution in [3.05, 3.63) is 42.6 Å². The summed E-state index contributed by atoms with van der Waals surface area (Å²) in [7, 11) is 0. The Balaban J connectivity index is 3.09. The Morgan fingerprint density at radius 3 is 3.00 bits per heavy atom. The lowest BCUT2D eigenvalue weighted by atomic mass is 10.3. The maximum absolute atomic E-state index is 8.96. The van der Waals surface area contributed by atoms with Crippen molar-refractivity contribution >= 4 is 11.5 Å². The Labute approximate surface area is 102 Å². The van der Waals surface area contributed by atoms with E-state index in [0.29, 0.717) is 5.56 Å². The molecule has 0 atom stereocenters. The Kier molecular flexibility index (Phi) is 4.77. The lowest BCUT2D eigenvalue weighted by Crippen LogP contribution is -2.06. The molecule has 0 saturated carbocycles. The van der Waals surface area contributed by atoms with Crippen LogP contribution in [0.5, 0.6) is 0 Å². The van der Waals surface area contributed by atoms with Crippen molar-refractivity contribution in [2.45, 2.75) is 13.8 Å². The number of nitrogens with zero attached hydrogens (tertiary/aromatic N) is 3. The van der Waals surface area contributed by atoms with Crippen molar-refractivity contribution in [3.63, 3.8) is 0 Å². The zero-order valence-electron chi connectivity index (χ0n) is 10.1. The van der Waals surface area contributed by atoms with Crippen LogP contribution in [0.25, 0.3) is 5.70 Å². The smallest absolute Gasteiger partial charge is 0.147 e. The number of nitriles is 1. The average molecular weight is 228 g/mol. The van der Waals surface area contributed by atoms with Gasteiger partial charge < -0.3 is 5.32 Å². The molecule has 0 aromatic carbocycles. The van der Waals surface area contributed by atoms with Crippen molar-refractivity contribution in [1.29, 1.82) is 5.26 Å². The fraction of sp³-hybridized carbons (Fsp3) is 0.231. The van der Waals surface area contributed by atoms with Gasteiger partial charge in [0.2, 0.25) is 0 Å². The molecule has 0 spiro atoms. The van der Waals surface area contributed by atoms with E-state index in [9.17, 15) is 0 Å². The number of anilines is 1. The molecule has 88 valence electrons. The summed E-state index contributed by atoms with van der Waals surface area (Å²) in [4.78, 5) is 0. The quantitative estimate of drug-likeness (QED) is 0.788. The molecule has 0 amide bonds. The van der Waals surface area contributed by atoms with Crippen LogP contribution in [0, 0.1) is 11.3 Å². The van der Waals surface area contributed by atoms with Gasteiger partial charge in [0, 0.05) is 12.2 Å². The van der Waals surface area contributed by atoms with E-state index in [4.69, 9.17) is 5.26 Å². The molecule has 4 heteroatoms. The molecule has 0 aliphatic carbocycles. The van der Waals surface area contributed by atoms with E-state index in [0.717, 1.165) is 18.1 Å². The average Bonchev–Trinajstić information content (AvgIpc) is 2.73. The highest BCUT2D eigenvalue weighted by atomic mass is 15.3. The van der Waals surface area contributed by atoms with Crippen LogP contribution in [0.15, 0.2) is 37.1 Å². The fourth-order valence-electron chi connectivity index (χ4n) is 1.38. The normalized spacial score (nSPS) is 11.5. The molecule has 0 bridgehead atoms. The summed E-state index contributed by atoms with van der Waals surface area (Å²) in [5.41, 5.74) is 1.48. The van der Waals surface area contributed by atoms with Gasteiger partial charge in [-0.05, 0) is 19.9 Å². The number of allylic oxidation sites excluding steroid dienone is 5. The predicted molar refractivity (Wildman–Crippen MR) is 70.4 cm³/mol. The molecule has 1 aromatic heterocycles. The van der Waals surface area contributed by atoms with E-state index in [1.807, 2.05) is 32.1 Å². The van der Waals surface area contributed by atoms with Gasteiger partial charge in [-0.2, -0.15) is 10.4 Å². The zero-order chi connectivity index (χ0) is 12.7. The number of rotatable bonds is 5. The SMILES string of the molecule is C=C/C=C\C=C(/C)n1ncc(C#N)c1NCC. The third-order valence-electron chi connectivity index (χ3n) is 2.15. The molecule has 0 saturated heterocycles. The van der Waals surface area contributed by atoms with Gasteiger partial charge in [-0.15, -0.1) is 0 Å². The first-order chi connectivity index (χ1) is 8.24. The van der Waals surface area contributed by atoms with Crippen molar-refractivity contribution < 1.29 is 0 Å². The minimum Gasteiger partial charge on any atom is -0.369 e. The lowest BCUT2D eigenvalue weighted by Gasteiger charge is -2.08. The minimum absolute atomic E-state index is 0.548. The van der Waals surface area contributed by atoms with Crippen LogP contribution in [0.4, 0.5) is 5.82 Å². The van der Waals surface area contributed by atoms with Gasteiger partial charge in [-0.1, -0.05) is 24.8 Å². The van der Waals surface area contributed by atoms with Gasteiger partial charge in [-0.3, -0.25) is 0 Å². The molecule has 17 heavy (non-hydrogen) atoms. The van der Waals surface area contributed by atoms with Crippen molar-refractivity contribution in [2.75, 3.05) is 11.9 Å². The maximum Gasteiger partial charge on any atom is 0.147 e. The highest BCUT2D eigenvalue weighted by molar-refractivity contribution is 5.60. The summed E-state index contributed by atoms with van der Waals surface area (Å²) in [6.45, 7) is 8.26. The Morgan fingerprint density at radius 2 is 2.41 bits per heavy atom. The standard InChI is InChI=1S/C13H16N4/c1-4-6-7-8-11(3)17-13(15-5-2)12(9-14)10-16-17/h4,6-8,10,15H,1,5H2,2-3H3/b7-6-,11-8+. The van der Waals surface area contributed by atoms with Crippen molar-refractivity contribution in [3.8, 4) is 6.07 Å². The topological polar surface area (TPSA) is 53.6 Å². The molecule has 1 N–H and O–H groups in total. The molecule has 0 aliphatic heterocycles. The molecule has 4 nitrogen and oxygen atoms in total. The first-order valence-corrected chi connectivity index (χ1v) is 5.43. The fourth-order valence-corrected chi connectivity index (χ4v) is 1.38. The van der Waals surface area contributed by atoms with Crippen molar-refractivity contribution in [1.82, 2.24) is 9.78 Å². The number of hydrogen-bond donors (Lipinski definition) is 1. The summed E-state index contributed by atoms with van der Waals surface area (Å²) in [5, 5.41) is 16.3. The van der Waals surface area contributed by atoms with Crippen LogP contribution < -0.4 is 5.32 Å². The molecular weight excluding hydrogens is 212 g/mol. The summed E-state index contributed by atoms with van der Waals surface area (Å²) in [6.07, 6.45) is 8.90. The van der Waals surface area contributed by atoms with Gasteiger partial charge in [-0.25, -0.2) is 4.68 Å². The largest absolute Gasteiger partial charge is 0.369 e. The van der Waals surface area contributed by atoms with E-state index >= 15 is 0 Å². The van der Waals surface area contributed by atoms with Crippen LogP contribution in [-0.2, 0) is 0 Å². The lowest BCUT2D eigenvalue weighted by molar-refractivity contribution is 0.892. The number of nitrogens with one attached hydrogen (secondary N) is 1. The second-order valence-electron chi connectivity index (χ2n) is 3.39. The molecule has 1 rings (SSSR count). The Bertz CT molecular complexity index is 486. The molecule has 1 heterocycles. The van der Waals surface area contributed by atoms with Gasteiger partial charge in [0.1, 0.15) is 17.5 Å². The molecule has 0 aliphatic rings. The molecule has 0 radical (unpaired) electrons. The molecule has 0 unspecified atom stereocenters. The predicted octanol–water partition coefficient (Wildman–Crippen LogP) is 2.79. The Morgan fingerprint density at radius 1 is 1.65 bits per heavy atom. The third-order valence-corrected chi connectivity index (χ3v) is 2.15. The van der Waals surface area contributed by atoms with Crippen LogP contribution in [-0.4, -0.2) is 16.3 Å². The first kappa shape index (κ1) is 12.8. The van der Waals surface area contributed by atoms with E-state index in [1.165, 1.54) is 0 Å². The van der Waals surface area contributed by atoms with E-state index in [1.54, 1.807) is 17.0 Å². The summed E-state index contributed by atoms with van der Waals surface area (Å²) in [5.74, 6) is 0.732. The molecular formula is C13H16N4. The summed E-state index contributed by atoms with van der Waals surface area (Å²) in [6, 6.07) is 2.12. The zero-order valence-corrected chi connectivity index (χ0v) is 10.1. The first-order valence-electron chi connectivity index (χ1n) is 5.43. The number of hydrogen-bond acceptors (Lipinski definition) is 3. The van der Waals surface area contributed by atoms with Crippen LogP contribution in [0.2, 0.25) is 0 Å². The second-order valence-corrected chi connectivity index (χ2v) is 3.39. The highest BCUT2D eigenvalue weighted by Crippen LogP contribution is 2.18.